The Balaban J connectivity index is 2.04. The Morgan fingerprint density at radius 2 is 1.84 bits per heavy atom. The van der Waals surface area contributed by atoms with Crippen molar-refractivity contribution >= 4 is 11.9 Å². The Labute approximate surface area is 114 Å². The number of nitrogens with zero attached hydrogens (tertiary/aromatic N) is 3. The van der Waals surface area contributed by atoms with E-state index < -0.39 is 0 Å². The third kappa shape index (κ3) is 3.52. The number of nitrogens with two attached hydrogens (primary N) is 1. The third-order valence-electron chi connectivity index (χ3n) is 4.10. The van der Waals surface area contributed by atoms with Gasteiger partial charge in [-0.25, -0.2) is 4.79 Å². The zero-order valence-electron chi connectivity index (χ0n) is 11.4. The van der Waals surface area contributed by atoms with Gasteiger partial charge >= 0.3 is 6.03 Å². The average molecular weight is 268 g/mol. The first-order chi connectivity index (χ1) is 9.22. The van der Waals surface area contributed by atoms with E-state index in [1.54, 1.807) is 4.90 Å². The number of hydrogen-bond donors (Lipinski definition) is 2. The molecule has 1 saturated heterocycles. The van der Waals surface area contributed by atoms with Crippen molar-refractivity contribution in [2.24, 2.45) is 10.9 Å². The largest absolute Gasteiger partial charge is 0.409 e. The van der Waals surface area contributed by atoms with E-state index in [1.807, 2.05) is 4.90 Å². The van der Waals surface area contributed by atoms with Gasteiger partial charge in [-0.1, -0.05) is 18.0 Å². The molecule has 6 heteroatoms. The summed E-state index contributed by atoms with van der Waals surface area (Å²) in [6.45, 7) is 1.90. The highest BCUT2D eigenvalue weighted by atomic mass is 16.4. The SMILES string of the molecule is NC(CN(C(=O)N1CCCCC1)C1CCCC1)=NO. The van der Waals surface area contributed by atoms with Crippen LogP contribution in [-0.4, -0.2) is 52.5 Å². The first-order valence-corrected chi connectivity index (χ1v) is 7.24. The summed E-state index contributed by atoms with van der Waals surface area (Å²) in [6, 6.07) is 0.299. The van der Waals surface area contributed by atoms with Crippen molar-refractivity contribution in [1.82, 2.24) is 9.80 Å². The normalized spacial score (nSPS) is 21.7. The molecule has 0 spiro atoms. The van der Waals surface area contributed by atoms with Gasteiger partial charge in [-0.2, -0.15) is 0 Å². The van der Waals surface area contributed by atoms with Crippen molar-refractivity contribution in [3.63, 3.8) is 0 Å². The van der Waals surface area contributed by atoms with Crippen LogP contribution in [0, 0.1) is 0 Å². The molecule has 1 aliphatic heterocycles. The maximum atomic E-state index is 12.6. The molecule has 0 unspecified atom stereocenters. The van der Waals surface area contributed by atoms with E-state index in [2.05, 4.69) is 5.16 Å². The monoisotopic (exact) mass is 268 g/mol. The first kappa shape index (κ1) is 14.0. The number of hydrogen-bond acceptors (Lipinski definition) is 3. The van der Waals surface area contributed by atoms with Gasteiger partial charge in [0.2, 0.25) is 0 Å². The van der Waals surface area contributed by atoms with Crippen LogP contribution in [-0.2, 0) is 0 Å². The van der Waals surface area contributed by atoms with E-state index in [4.69, 9.17) is 10.9 Å². The van der Waals surface area contributed by atoms with Gasteiger partial charge in [0, 0.05) is 19.1 Å². The number of rotatable bonds is 3. The van der Waals surface area contributed by atoms with Crippen LogP contribution >= 0.6 is 0 Å². The maximum absolute atomic E-state index is 12.6. The second-order valence-corrected chi connectivity index (χ2v) is 5.49. The molecule has 2 aliphatic rings. The van der Waals surface area contributed by atoms with Crippen molar-refractivity contribution in [3.05, 3.63) is 0 Å². The molecular formula is C13H24N4O2. The van der Waals surface area contributed by atoms with Gasteiger partial charge in [0.15, 0.2) is 5.84 Å². The molecule has 108 valence electrons. The van der Waals surface area contributed by atoms with Gasteiger partial charge < -0.3 is 20.7 Å². The topological polar surface area (TPSA) is 82.2 Å². The molecule has 1 heterocycles. The second kappa shape index (κ2) is 6.63. The van der Waals surface area contributed by atoms with Crippen molar-refractivity contribution < 1.29 is 10.0 Å². The number of carbonyl (C=O) groups is 1. The van der Waals surface area contributed by atoms with Crippen LogP contribution in [0.1, 0.15) is 44.9 Å². The molecule has 2 amide bonds. The predicted octanol–water partition coefficient (Wildman–Crippen LogP) is 1.58. The average Bonchev–Trinajstić information content (AvgIpc) is 2.98. The lowest BCUT2D eigenvalue weighted by atomic mass is 10.1. The van der Waals surface area contributed by atoms with Crippen molar-refractivity contribution in [2.45, 2.75) is 51.0 Å². The van der Waals surface area contributed by atoms with Gasteiger partial charge in [0.1, 0.15) is 0 Å². The van der Waals surface area contributed by atoms with E-state index in [0.29, 0.717) is 0 Å². The molecule has 0 aromatic carbocycles. The Morgan fingerprint density at radius 3 is 2.42 bits per heavy atom. The Kier molecular flexibility index (Phi) is 4.87. The minimum Gasteiger partial charge on any atom is -0.409 e. The first-order valence-electron chi connectivity index (χ1n) is 7.24. The molecule has 2 fully saturated rings. The fourth-order valence-electron chi connectivity index (χ4n) is 3.04. The minimum absolute atomic E-state index is 0.0539. The molecule has 1 aliphatic carbocycles. The summed E-state index contributed by atoms with van der Waals surface area (Å²) in [5, 5.41) is 11.7. The summed E-state index contributed by atoms with van der Waals surface area (Å²) in [6.07, 6.45) is 7.72. The van der Waals surface area contributed by atoms with Crippen LogP contribution < -0.4 is 5.73 Å². The summed E-state index contributed by atoms with van der Waals surface area (Å²) < 4.78 is 0. The Hall–Kier alpha value is -1.46. The molecule has 2 rings (SSSR count). The van der Waals surface area contributed by atoms with Crippen LogP contribution in [0.4, 0.5) is 4.79 Å². The highest BCUT2D eigenvalue weighted by Crippen LogP contribution is 2.25. The summed E-state index contributed by atoms with van der Waals surface area (Å²) in [7, 11) is 0. The molecule has 1 saturated carbocycles. The summed E-state index contributed by atoms with van der Waals surface area (Å²) >= 11 is 0. The van der Waals surface area contributed by atoms with E-state index in [9.17, 15) is 4.79 Å². The minimum atomic E-state index is 0.0539. The highest BCUT2D eigenvalue weighted by molar-refractivity contribution is 5.86. The third-order valence-corrected chi connectivity index (χ3v) is 4.10. The van der Waals surface area contributed by atoms with Crippen LogP contribution in [0.3, 0.4) is 0 Å². The fourth-order valence-corrected chi connectivity index (χ4v) is 3.04. The zero-order chi connectivity index (χ0) is 13.7. The molecule has 0 aromatic heterocycles. The van der Waals surface area contributed by atoms with Crippen LogP contribution in [0.2, 0.25) is 0 Å². The molecule has 0 bridgehead atoms. The van der Waals surface area contributed by atoms with Gasteiger partial charge in [-0.3, -0.25) is 0 Å². The van der Waals surface area contributed by atoms with Gasteiger partial charge in [-0.05, 0) is 32.1 Å². The molecule has 0 aromatic rings. The smallest absolute Gasteiger partial charge is 0.320 e. The lowest BCUT2D eigenvalue weighted by Gasteiger charge is -2.36. The van der Waals surface area contributed by atoms with Crippen molar-refractivity contribution in [2.75, 3.05) is 19.6 Å². The fraction of sp³-hybridized carbons (Fsp3) is 0.846. The maximum Gasteiger partial charge on any atom is 0.320 e. The summed E-state index contributed by atoms with van der Waals surface area (Å²) in [5.74, 6) is 0.109. The molecule has 6 nitrogen and oxygen atoms in total. The van der Waals surface area contributed by atoms with Gasteiger partial charge in [0.25, 0.3) is 0 Å². The zero-order valence-corrected chi connectivity index (χ0v) is 11.4. The van der Waals surface area contributed by atoms with E-state index in [0.717, 1.165) is 51.6 Å². The van der Waals surface area contributed by atoms with Crippen molar-refractivity contribution in [3.8, 4) is 0 Å². The number of amides is 2. The summed E-state index contributed by atoms with van der Waals surface area (Å²) in [5.41, 5.74) is 5.60. The Morgan fingerprint density at radius 1 is 1.21 bits per heavy atom. The van der Waals surface area contributed by atoms with Gasteiger partial charge in [0.05, 0.1) is 6.54 Å². The number of oxime groups is 1. The predicted molar refractivity (Wildman–Crippen MR) is 73.2 cm³/mol. The number of amidine groups is 1. The number of likely N-dealkylation sites (tertiary alicyclic amines) is 1. The van der Waals surface area contributed by atoms with E-state index in [1.165, 1.54) is 6.42 Å². The van der Waals surface area contributed by atoms with Gasteiger partial charge in [-0.15, -0.1) is 0 Å². The van der Waals surface area contributed by atoms with Crippen LogP contribution in [0.25, 0.3) is 0 Å². The lowest BCUT2D eigenvalue weighted by molar-refractivity contribution is 0.132. The van der Waals surface area contributed by atoms with Crippen LogP contribution in [0.5, 0.6) is 0 Å². The second-order valence-electron chi connectivity index (χ2n) is 5.49. The quantitative estimate of drug-likeness (QED) is 0.353. The molecule has 0 radical (unpaired) electrons. The number of urea groups is 1. The molecular weight excluding hydrogens is 244 g/mol. The highest BCUT2D eigenvalue weighted by Gasteiger charge is 2.30. The van der Waals surface area contributed by atoms with Crippen molar-refractivity contribution in [1.29, 1.82) is 0 Å². The van der Waals surface area contributed by atoms with Crippen LogP contribution in [0.15, 0.2) is 5.16 Å². The standard InChI is InChI=1S/C13H24N4O2/c14-12(15-19)10-17(11-6-2-3-7-11)13(18)16-8-4-1-5-9-16/h11,19H,1-10H2,(H2,14,15). The molecule has 19 heavy (non-hydrogen) atoms. The Bertz CT molecular complexity index is 334. The van der Waals surface area contributed by atoms with E-state index >= 15 is 0 Å². The summed E-state index contributed by atoms with van der Waals surface area (Å²) in [4.78, 5) is 16.3. The molecule has 3 N–H and O–H groups in total. The van der Waals surface area contributed by atoms with E-state index in [-0.39, 0.29) is 24.5 Å². The lowest BCUT2D eigenvalue weighted by Crippen LogP contribution is -2.51. The number of carbonyl (C=O) groups excluding carboxylic acids is 1. The molecule has 0 atom stereocenters. The number of piperidine rings is 1.